The van der Waals surface area contributed by atoms with Crippen LogP contribution in [0.15, 0.2) is 42.0 Å². The molecule has 4 rings (SSSR count). The summed E-state index contributed by atoms with van der Waals surface area (Å²) in [5.74, 6) is 0.816. The minimum Gasteiger partial charge on any atom is -0.337 e. The Morgan fingerprint density at radius 2 is 1.96 bits per heavy atom. The summed E-state index contributed by atoms with van der Waals surface area (Å²) in [5.41, 5.74) is 2.85. The highest BCUT2D eigenvalue weighted by molar-refractivity contribution is 7.11. The lowest BCUT2D eigenvalue weighted by atomic mass is 9.89. The summed E-state index contributed by atoms with van der Waals surface area (Å²) >= 11 is 1.38. The first-order valence-electron chi connectivity index (χ1n) is 8.15. The van der Waals surface area contributed by atoms with E-state index >= 15 is 0 Å². The minimum absolute atomic E-state index is 0.0629. The van der Waals surface area contributed by atoms with E-state index in [2.05, 4.69) is 17.1 Å². The highest BCUT2D eigenvalue weighted by Crippen LogP contribution is 2.45. The van der Waals surface area contributed by atoms with Crippen LogP contribution in [0, 0.1) is 11.8 Å². The largest absolute Gasteiger partial charge is 0.337 e. The number of benzene rings is 1. The lowest BCUT2D eigenvalue weighted by Crippen LogP contribution is -2.36. The van der Waals surface area contributed by atoms with Crippen LogP contribution in [0.5, 0.6) is 0 Å². The molecule has 124 valence electrons. The molecule has 0 aliphatic carbocycles. The maximum atomic E-state index is 12.6. The molecule has 2 aliphatic rings. The number of hydrogen-bond acceptors (Lipinski definition) is 4. The number of amides is 2. The molecule has 1 aromatic heterocycles. The maximum absolute atomic E-state index is 12.6. The Kier molecular flexibility index (Phi) is 3.84. The van der Waals surface area contributed by atoms with Gasteiger partial charge in [0.2, 0.25) is 5.91 Å². The van der Waals surface area contributed by atoms with E-state index in [1.165, 1.54) is 11.3 Å². The summed E-state index contributed by atoms with van der Waals surface area (Å²) in [6.07, 6.45) is 1.64. The van der Waals surface area contributed by atoms with Crippen LogP contribution in [-0.2, 0) is 4.79 Å². The molecule has 0 unspecified atom stereocenters. The monoisotopic (exact) mass is 341 g/mol. The second-order valence-corrected chi connectivity index (χ2v) is 7.41. The highest BCUT2D eigenvalue weighted by atomic mass is 32.1. The van der Waals surface area contributed by atoms with Crippen LogP contribution in [0.4, 0.5) is 0 Å². The Balaban J connectivity index is 1.60. The average Bonchev–Trinajstić information content (AvgIpc) is 3.30. The first kappa shape index (κ1) is 15.3. The first-order chi connectivity index (χ1) is 11.6. The van der Waals surface area contributed by atoms with Gasteiger partial charge < -0.3 is 9.80 Å². The normalized spacial score (nSPS) is 25.8. The Hall–Kier alpha value is -2.21. The summed E-state index contributed by atoms with van der Waals surface area (Å²) in [4.78, 5) is 33.3. The standard InChI is InChI=1S/C18H19N3O2S/c1-12(22)21-9-14-8-20(18(23)16-7-19-11-24-16)10-15(14)17(21)13-5-3-2-4-6-13/h2-7,11,14-15,17H,8-10H2,1H3/t14-,15-,17-/m1/s1. The van der Waals surface area contributed by atoms with Gasteiger partial charge in [-0.1, -0.05) is 30.3 Å². The number of nitrogens with zero attached hydrogens (tertiary/aromatic N) is 3. The number of hydrogen-bond donors (Lipinski definition) is 0. The van der Waals surface area contributed by atoms with Gasteiger partial charge in [0, 0.05) is 38.4 Å². The van der Waals surface area contributed by atoms with E-state index in [9.17, 15) is 9.59 Å². The van der Waals surface area contributed by atoms with E-state index in [1.807, 2.05) is 28.0 Å². The molecule has 0 bridgehead atoms. The van der Waals surface area contributed by atoms with Crippen molar-refractivity contribution in [3.8, 4) is 0 Å². The van der Waals surface area contributed by atoms with Crippen molar-refractivity contribution in [2.45, 2.75) is 13.0 Å². The van der Waals surface area contributed by atoms with Gasteiger partial charge in [0.15, 0.2) is 0 Å². The molecule has 3 heterocycles. The minimum atomic E-state index is 0.0629. The molecule has 2 saturated heterocycles. The second-order valence-electron chi connectivity index (χ2n) is 6.53. The smallest absolute Gasteiger partial charge is 0.265 e. The van der Waals surface area contributed by atoms with Crippen molar-refractivity contribution in [3.63, 3.8) is 0 Å². The van der Waals surface area contributed by atoms with Crippen LogP contribution in [0.1, 0.15) is 28.2 Å². The van der Waals surface area contributed by atoms with E-state index in [0.717, 1.165) is 12.1 Å². The lowest BCUT2D eigenvalue weighted by molar-refractivity contribution is -0.130. The molecule has 0 N–H and O–H groups in total. The maximum Gasteiger partial charge on any atom is 0.265 e. The van der Waals surface area contributed by atoms with Crippen molar-refractivity contribution in [1.29, 1.82) is 0 Å². The van der Waals surface area contributed by atoms with Gasteiger partial charge >= 0.3 is 0 Å². The number of likely N-dealkylation sites (tertiary alicyclic amines) is 2. The molecule has 6 heteroatoms. The molecule has 3 atom stereocenters. The molecule has 2 fully saturated rings. The summed E-state index contributed by atoms with van der Waals surface area (Å²) in [6.45, 7) is 3.78. The zero-order valence-corrected chi connectivity index (χ0v) is 14.3. The highest BCUT2D eigenvalue weighted by Gasteiger charge is 2.49. The second kappa shape index (κ2) is 6.02. The van der Waals surface area contributed by atoms with Crippen LogP contribution in [-0.4, -0.2) is 46.2 Å². The molecule has 24 heavy (non-hydrogen) atoms. The molecule has 0 saturated carbocycles. The van der Waals surface area contributed by atoms with Gasteiger partial charge in [-0.15, -0.1) is 11.3 Å². The van der Waals surface area contributed by atoms with E-state index in [4.69, 9.17) is 0 Å². The third kappa shape index (κ3) is 2.51. The zero-order chi connectivity index (χ0) is 16.7. The van der Waals surface area contributed by atoms with Gasteiger partial charge in [-0.2, -0.15) is 0 Å². The summed E-state index contributed by atoms with van der Waals surface area (Å²) in [7, 11) is 0. The van der Waals surface area contributed by atoms with E-state index in [0.29, 0.717) is 29.8 Å². The van der Waals surface area contributed by atoms with Crippen molar-refractivity contribution in [2.24, 2.45) is 11.8 Å². The van der Waals surface area contributed by atoms with Crippen molar-refractivity contribution in [2.75, 3.05) is 19.6 Å². The van der Waals surface area contributed by atoms with Crippen LogP contribution < -0.4 is 0 Å². The van der Waals surface area contributed by atoms with Crippen LogP contribution in [0.3, 0.4) is 0 Å². The Labute approximate surface area is 144 Å². The van der Waals surface area contributed by atoms with Crippen LogP contribution >= 0.6 is 11.3 Å². The van der Waals surface area contributed by atoms with Gasteiger partial charge in [0.1, 0.15) is 4.88 Å². The quantitative estimate of drug-likeness (QED) is 0.843. The predicted octanol–water partition coefficient (Wildman–Crippen LogP) is 2.43. The molecular formula is C18H19N3O2S. The molecule has 2 aliphatic heterocycles. The number of carbonyl (C=O) groups is 2. The van der Waals surface area contributed by atoms with Crippen molar-refractivity contribution < 1.29 is 9.59 Å². The van der Waals surface area contributed by atoms with Gasteiger partial charge in [0.05, 0.1) is 17.7 Å². The zero-order valence-electron chi connectivity index (χ0n) is 13.5. The number of rotatable bonds is 2. The fourth-order valence-corrected chi connectivity index (χ4v) is 4.68. The molecule has 5 nitrogen and oxygen atoms in total. The van der Waals surface area contributed by atoms with Crippen molar-refractivity contribution >= 4 is 23.2 Å². The molecule has 0 radical (unpaired) electrons. The molecule has 0 spiro atoms. The van der Waals surface area contributed by atoms with Crippen LogP contribution in [0.25, 0.3) is 0 Å². The Morgan fingerprint density at radius 3 is 2.62 bits per heavy atom. The lowest BCUT2D eigenvalue weighted by Gasteiger charge is -2.29. The van der Waals surface area contributed by atoms with E-state index in [1.54, 1.807) is 18.6 Å². The number of fused-ring (bicyclic) bond motifs is 1. The third-order valence-corrected chi connectivity index (χ3v) is 5.90. The van der Waals surface area contributed by atoms with E-state index in [-0.39, 0.29) is 17.9 Å². The Morgan fingerprint density at radius 1 is 1.17 bits per heavy atom. The van der Waals surface area contributed by atoms with Crippen molar-refractivity contribution in [1.82, 2.24) is 14.8 Å². The summed E-state index contributed by atoms with van der Waals surface area (Å²) in [5, 5.41) is 0. The summed E-state index contributed by atoms with van der Waals surface area (Å²) < 4.78 is 0. The van der Waals surface area contributed by atoms with Gasteiger partial charge in [-0.05, 0) is 5.56 Å². The fourth-order valence-electron chi connectivity index (χ4n) is 4.09. The molecule has 1 aromatic carbocycles. The third-order valence-electron chi connectivity index (χ3n) is 5.14. The van der Waals surface area contributed by atoms with Crippen molar-refractivity contribution in [3.05, 3.63) is 52.5 Å². The van der Waals surface area contributed by atoms with Crippen LogP contribution in [0.2, 0.25) is 0 Å². The average molecular weight is 341 g/mol. The number of aromatic nitrogens is 1. The first-order valence-corrected chi connectivity index (χ1v) is 9.03. The van der Waals surface area contributed by atoms with Gasteiger partial charge in [0.25, 0.3) is 5.91 Å². The summed E-state index contributed by atoms with van der Waals surface area (Å²) in [6, 6.07) is 10.2. The Bertz CT molecular complexity index is 747. The predicted molar refractivity (Wildman–Crippen MR) is 91.6 cm³/mol. The number of carbonyl (C=O) groups excluding carboxylic acids is 2. The molecule has 2 amide bonds. The SMILES string of the molecule is CC(=O)N1C[C@H]2CN(C(=O)c3cncs3)C[C@H]2[C@H]1c1ccccc1. The molecular weight excluding hydrogens is 322 g/mol. The molecule has 2 aromatic rings. The van der Waals surface area contributed by atoms with E-state index < -0.39 is 0 Å². The van der Waals surface area contributed by atoms with Gasteiger partial charge in [-0.3, -0.25) is 14.6 Å². The topological polar surface area (TPSA) is 53.5 Å². The van der Waals surface area contributed by atoms with Gasteiger partial charge in [-0.25, -0.2) is 0 Å². The number of thiazole rings is 1. The fraction of sp³-hybridized carbons (Fsp3) is 0.389.